The number of rotatable bonds is 3. The highest BCUT2D eigenvalue weighted by Crippen LogP contribution is 2.30. The summed E-state index contributed by atoms with van der Waals surface area (Å²) in [5, 5.41) is 2.57. The third-order valence-corrected chi connectivity index (χ3v) is 3.06. The summed E-state index contributed by atoms with van der Waals surface area (Å²) in [5.41, 5.74) is 0.361. The Morgan fingerprint density at radius 2 is 1.86 bits per heavy atom. The van der Waals surface area contributed by atoms with Gasteiger partial charge in [-0.1, -0.05) is 12.1 Å². The first kappa shape index (κ1) is 15.9. The highest BCUT2D eigenvalue weighted by molar-refractivity contribution is 6.05. The predicted molar refractivity (Wildman–Crippen MR) is 77.1 cm³/mol. The van der Waals surface area contributed by atoms with Gasteiger partial charge in [0.1, 0.15) is 5.75 Å². The van der Waals surface area contributed by atoms with Crippen molar-refractivity contribution >= 4 is 11.6 Å². The summed E-state index contributed by atoms with van der Waals surface area (Å²) >= 11 is 0. The Bertz CT molecular complexity index is 696. The SMILES string of the molecule is COc1ccc(C)cc1NC(=O)c1cccc(C(F)(F)F)c1. The number of hydrogen-bond donors (Lipinski definition) is 1. The second-order valence-electron chi connectivity index (χ2n) is 4.74. The lowest BCUT2D eigenvalue weighted by molar-refractivity contribution is -0.137. The highest BCUT2D eigenvalue weighted by Gasteiger charge is 2.30. The molecule has 0 aliphatic rings. The van der Waals surface area contributed by atoms with E-state index in [1.54, 1.807) is 18.2 Å². The van der Waals surface area contributed by atoms with E-state index in [1.165, 1.54) is 19.2 Å². The van der Waals surface area contributed by atoms with E-state index >= 15 is 0 Å². The number of ether oxygens (including phenoxy) is 1. The number of carbonyl (C=O) groups is 1. The van der Waals surface area contributed by atoms with Gasteiger partial charge < -0.3 is 10.1 Å². The second-order valence-corrected chi connectivity index (χ2v) is 4.74. The maximum absolute atomic E-state index is 12.7. The zero-order valence-corrected chi connectivity index (χ0v) is 12.0. The van der Waals surface area contributed by atoms with Crippen LogP contribution < -0.4 is 10.1 Å². The Labute approximate surface area is 125 Å². The molecule has 116 valence electrons. The van der Waals surface area contributed by atoms with E-state index in [0.29, 0.717) is 11.4 Å². The van der Waals surface area contributed by atoms with Gasteiger partial charge in [0.15, 0.2) is 0 Å². The lowest BCUT2D eigenvalue weighted by atomic mass is 10.1. The molecule has 0 fully saturated rings. The van der Waals surface area contributed by atoms with Gasteiger partial charge >= 0.3 is 6.18 Å². The fourth-order valence-electron chi connectivity index (χ4n) is 1.95. The molecule has 0 aliphatic carbocycles. The van der Waals surface area contributed by atoms with Crippen molar-refractivity contribution < 1.29 is 22.7 Å². The molecule has 0 saturated heterocycles. The third-order valence-electron chi connectivity index (χ3n) is 3.06. The monoisotopic (exact) mass is 309 g/mol. The molecule has 0 radical (unpaired) electrons. The Hall–Kier alpha value is -2.50. The number of benzene rings is 2. The van der Waals surface area contributed by atoms with Crippen molar-refractivity contribution in [3.05, 3.63) is 59.2 Å². The van der Waals surface area contributed by atoms with Gasteiger partial charge in [-0.15, -0.1) is 0 Å². The van der Waals surface area contributed by atoms with Gasteiger partial charge in [-0.2, -0.15) is 13.2 Å². The molecule has 0 spiro atoms. The van der Waals surface area contributed by atoms with Gasteiger partial charge in [-0.3, -0.25) is 4.79 Å². The van der Waals surface area contributed by atoms with Gasteiger partial charge in [0.05, 0.1) is 18.4 Å². The van der Waals surface area contributed by atoms with Crippen LogP contribution in [0.3, 0.4) is 0 Å². The number of methoxy groups -OCH3 is 1. The molecule has 2 aromatic carbocycles. The molecule has 0 aliphatic heterocycles. The van der Waals surface area contributed by atoms with Crippen LogP contribution >= 0.6 is 0 Å². The standard InChI is InChI=1S/C16H14F3NO2/c1-10-6-7-14(22-2)13(8-10)20-15(21)11-4-3-5-12(9-11)16(17,18)19/h3-9H,1-2H3,(H,20,21). The molecule has 0 aromatic heterocycles. The fraction of sp³-hybridized carbons (Fsp3) is 0.188. The van der Waals surface area contributed by atoms with Gasteiger partial charge in [0.2, 0.25) is 0 Å². The van der Waals surface area contributed by atoms with Crippen LogP contribution in [0.4, 0.5) is 18.9 Å². The van der Waals surface area contributed by atoms with Crippen molar-refractivity contribution in [1.29, 1.82) is 0 Å². The minimum absolute atomic E-state index is 0.0709. The fourth-order valence-corrected chi connectivity index (χ4v) is 1.95. The van der Waals surface area contributed by atoms with E-state index in [9.17, 15) is 18.0 Å². The number of nitrogens with one attached hydrogen (secondary N) is 1. The number of halogens is 3. The van der Waals surface area contributed by atoms with E-state index in [2.05, 4.69) is 5.32 Å². The minimum Gasteiger partial charge on any atom is -0.495 e. The number of hydrogen-bond acceptors (Lipinski definition) is 2. The van der Waals surface area contributed by atoms with Crippen molar-refractivity contribution in [3.63, 3.8) is 0 Å². The molecule has 1 amide bonds. The lowest BCUT2D eigenvalue weighted by Gasteiger charge is -2.12. The molecular weight excluding hydrogens is 295 g/mol. The van der Waals surface area contributed by atoms with E-state index in [-0.39, 0.29) is 5.56 Å². The van der Waals surface area contributed by atoms with Crippen LogP contribution in [0.25, 0.3) is 0 Å². The Balaban J connectivity index is 2.28. The first-order chi connectivity index (χ1) is 10.3. The van der Waals surface area contributed by atoms with Gasteiger partial charge in [0.25, 0.3) is 5.91 Å². The summed E-state index contributed by atoms with van der Waals surface area (Å²) in [7, 11) is 1.45. The zero-order chi connectivity index (χ0) is 16.3. The largest absolute Gasteiger partial charge is 0.495 e. The summed E-state index contributed by atoms with van der Waals surface area (Å²) in [4.78, 5) is 12.1. The summed E-state index contributed by atoms with van der Waals surface area (Å²) in [6.07, 6.45) is -4.49. The smallest absolute Gasteiger partial charge is 0.416 e. The number of carbonyl (C=O) groups excluding carboxylic acids is 1. The van der Waals surface area contributed by atoms with E-state index < -0.39 is 17.6 Å². The highest BCUT2D eigenvalue weighted by atomic mass is 19.4. The first-order valence-corrected chi connectivity index (χ1v) is 6.44. The summed E-state index contributed by atoms with van der Waals surface area (Å²) in [6.45, 7) is 1.83. The number of amides is 1. The third kappa shape index (κ3) is 3.58. The van der Waals surface area contributed by atoms with Crippen molar-refractivity contribution in [2.24, 2.45) is 0 Å². The molecule has 0 bridgehead atoms. The Morgan fingerprint density at radius 1 is 1.14 bits per heavy atom. The molecular formula is C16H14F3NO2. The quantitative estimate of drug-likeness (QED) is 0.919. The Morgan fingerprint density at radius 3 is 2.50 bits per heavy atom. The van der Waals surface area contributed by atoms with E-state index in [4.69, 9.17) is 4.74 Å². The minimum atomic E-state index is -4.49. The molecule has 3 nitrogen and oxygen atoms in total. The molecule has 2 aromatic rings. The van der Waals surface area contributed by atoms with Crippen LogP contribution in [0.1, 0.15) is 21.5 Å². The normalized spacial score (nSPS) is 11.1. The first-order valence-electron chi connectivity index (χ1n) is 6.44. The average molecular weight is 309 g/mol. The molecule has 0 saturated carbocycles. The molecule has 6 heteroatoms. The molecule has 0 atom stereocenters. The van der Waals surface area contributed by atoms with Crippen molar-refractivity contribution in [2.75, 3.05) is 12.4 Å². The van der Waals surface area contributed by atoms with Crippen molar-refractivity contribution in [2.45, 2.75) is 13.1 Å². The lowest BCUT2D eigenvalue weighted by Crippen LogP contribution is -2.14. The van der Waals surface area contributed by atoms with E-state index in [0.717, 1.165) is 17.7 Å². The topological polar surface area (TPSA) is 38.3 Å². The second kappa shape index (κ2) is 6.09. The average Bonchev–Trinajstić information content (AvgIpc) is 2.47. The predicted octanol–water partition coefficient (Wildman–Crippen LogP) is 4.27. The van der Waals surface area contributed by atoms with Crippen LogP contribution in [-0.4, -0.2) is 13.0 Å². The number of alkyl halides is 3. The van der Waals surface area contributed by atoms with Crippen LogP contribution in [0.15, 0.2) is 42.5 Å². The molecule has 2 rings (SSSR count). The van der Waals surface area contributed by atoms with Crippen LogP contribution in [0.2, 0.25) is 0 Å². The van der Waals surface area contributed by atoms with Crippen LogP contribution in [-0.2, 0) is 6.18 Å². The summed E-state index contributed by atoms with van der Waals surface area (Å²) in [6, 6.07) is 9.43. The number of anilines is 1. The maximum atomic E-state index is 12.7. The summed E-state index contributed by atoms with van der Waals surface area (Å²) in [5.74, 6) is -0.194. The van der Waals surface area contributed by atoms with Crippen LogP contribution in [0.5, 0.6) is 5.75 Å². The van der Waals surface area contributed by atoms with Gasteiger partial charge in [-0.05, 0) is 42.8 Å². The van der Waals surface area contributed by atoms with Gasteiger partial charge in [0, 0.05) is 5.56 Å². The van der Waals surface area contributed by atoms with Crippen molar-refractivity contribution in [1.82, 2.24) is 0 Å². The van der Waals surface area contributed by atoms with Gasteiger partial charge in [-0.25, -0.2) is 0 Å². The van der Waals surface area contributed by atoms with Crippen molar-refractivity contribution in [3.8, 4) is 5.75 Å². The van der Waals surface area contributed by atoms with E-state index in [1.807, 2.05) is 6.92 Å². The summed E-state index contributed by atoms with van der Waals surface area (Å²) < 4.78 is 43.2. The molecule has 1 N–H and O–H groups in total. The molecule has 22 heavy (non-hydrogen) atoms. The maximum Gasteiger partial charge on any atom is 0.416 e. The molecule has 0 unspecified atom stereocenters. The Kier molecular flexibility index (Phi) is 4.40. The van der Waals surface area contributed by atoms with Crippen LogP contribution in [0, 0.1) is 6.92 Å². The molecule has 0 heterocycles. The number of aryl methyl sites for hydroxylation is 1. The zero-order valence-electron chi connectivity index (χ0n) is 12.0.